The van der Waals surface area contributed by atoms with Crippen LogP contribution in [0.5, 0.6) is 5.75 Å². The summed E-state index contributed by atoms with van der Waals surface area (Å²) in [5.41, 5.74) is 7.74. The molecule has 8 rings (SSSR count). The van der Waals surface area contributed by atoms with Crippen LogP contribution in [0.2, 0.25) is 0 Å². The number of ether oxygens (including phenoxy) is 2. The highest BCUT2D eigenvalue weighted by Crippen LogP contribution is 2.48. The molecule has 3 fully saturated rings. The number of nitrogens with zero attached hydrogens (tertiary/aromatic N) is 4. The minimum absolute atomic E-state index is 0.0169. The van der Waals surface area contributed by atoms with Gasteiger partial charge in [-0.25, -0.2) is 13.1 Å². The fourth-order valence-electron chi connectivity index (χ4n) is 9.17. The smallest absolute Gasteiger partial charge is 0.264 e. The molecule has 2 unspecified atom stereocenters. The Hall–Kier alpha value is -4.42. The van der Waals surface area contributed by atoms with Gasteiger partial charge in [0.2, 0.25) is 10.0 Å². The van der Waals surface area contributed by atoms with E-state index in [4.69, 9.17) is 14.6 Å². The summed E-state index contributed by atoms with van der Waals surface area (Å²) in [6.07, 6.45) is 12.5. The summed E-state index contributed by atoms with van der Waals surface area (Å²) in [6, 6.07) is 11.8. The van der Waals surface area contributed by atoms with Gasteiger partial charge in [-0.1, -0.05) is 25.3 Å². The van der Waals surface area contributed by atoms with Crippen LogP contribution in [-0.4, -0.2) is 77.1 Å². The highest BCUT2D eigenvalue weighted by molar-refractivity contribution is 7.90. The third kappa shape index (κ3) is 6.34. The molecule has 2 atom stereocenters. The Labute approximate surface area is 317 Å². The van der Waals surface area contributed by atoms with Gasteiger partial charge in [0.1, 0.15) is 5.75 Å². The van der Waals surface area contributed by atoms with Crippen molar-refractivity contribution in [1.82, 2.24) is 24.0 Å². The molecule has 11 nitrogen and oxygen atoms in total. The number of nitrogens with one attached hydrogen (secondary N) is 1. The van der Waals surface area contributed by atoms with E-state index in [0.717, 1.165) is 89.7 Å². The molecule has 1 aliphatic carbocycles. The summed E-state index contributed by atoms with van der Waals surface area (Å²) < 4.78 is 43.8. The third-order valence-electron chi connectivity index (χ3n) is 11.9. The Morgan fingerprint density at radius 1 is 0.926 bits per heavy atom. The highest BCUT2D eigenvalue weighted by atomic mass is 32.2. The van der Waals surface area contributed by atoms with Crippen LogP contribution in [0.1, 0.15) is 129 Å². The van der Waals surface area contributed by atoms with Crippen LogP contribution in [0.25, 0.3) is 33.8 Å². The van der Waals surface area contributed by atoms with E-state index >= 15 is 0 Å². The average Bonchev–Trinajstić information content (AvgIpc) is 3.69. The first-order valence-corrected chi connectivity index (χ1v) is 21.1. The molecule has 2 saturated heterocycles. The first-order valence-electron chi connectivity index (χ1n) is 19.6. The summed E-state index contributed by atoms with van der Waals surface area (Å²) in [7, 11) is -2.17. The molecule has 54 heavy (non-hydrogen) atoms. The van der Waals surface area contributed by atoms with Crippen molar-refractivity contribution in [3.05, 3.63) is 70.5 Å². The topological polar surface area (TPSA) is 125 Å². The molecule has 4 aliphatic rings. The normalized spacial score (nSPS) is 20.4. The van der Waals surface area contributed by atoms with Crippen LogP contribution in [0.3, 0.4) is 0 Å². The number of hydrogen-bond acceptors (Lipinski definition) is 7. The third-order valence-corrected chi connectivity index (χ3v) is 13.7. The van der Waals surface area contributed by atoms with Gasteiger partial charge in [0.25, 0.3) is 11.8 Å². The number of fused-ring (bicyclic) bond motifs is 7. The monoisotopic (exact) mass is 753 g/mol. The van der Waals surface area contributed by atoms with Gasteiger partial charge >= 0.3 is 0 Å². The predicted molar refractivity (Wildman–Crippen MR) is 210 cm³/mol. The minimum Gasteiger partial charge on any atom is -0.497 e. The molecule has 2 aromatic carbocycles. The molecule has 1 saturated carbocycles. The lowest BCUT2D eigenvalue weighted by atomic mass is 9.81. The van der Waals surface area contributed by atoms with Crippen molar-refractivity contribution in [1.29, 1.82) is 0 Å². The maximum absolute atomic E-state index is 14.8. The van der Waals surface area contributed by atoms with E-state index < -0.39 is 21.2 Å². The van der Waals surface area contributed by atoms with Crippen LogP contribution in [0.4, 0.5) is 0 Å². The Morgan fingerprint density at radius 3 is 2.35 bits per heavy atom. The number of rotatable bonds is 8. The lowest BCUT2D eigenvalue weighted by Crippen LogP contribution is -2.57. The van der Waals surface area contributed by atoms with E-state index in [-0.39, 0.29) is 29.6 Å². The number of amides is 2. The maximum Gasteiger partial charge on any atom is 0.264 e. The number of hydrogen-bond donors (Lipinski definition) is 1. The van der Waals surface area contributed by atoms with Crippen molar-refractivity contribution >= 4 is 44.4 Å². The highest BCUT2D eigenvalue weighted by Gasteiger charge is 2.40. The Kier molecular flexibility index (Phi) is 9.71. The Morgan fingerprint density at radius 2 is 1.67 bits per heavy atom. The van der Waals surface area contributed by atoms with Crippen molar-refractivity contribution in [3.8, 4) is 17.0 Å². The molecule has 5 heterocycles. The van der Waals surface area contributed by atoms with Crippen molar-refractivity contribution < 1.29 is 27.5 Å². The van der Waals surface area contributed by atoms with Gasteiger partial charge in [0.15, 0.2) is 0 Å². The van der Waals surface area contributed by atoms with Gasteiger partial charge in [0, 0.05) is 28.1 Å². The van der Waals surface area contributed by atoms with Crippen LogP contribution in [0.15, 0.2) is 42.6 Å². The number of sulfonamides is 1. The number of benzene rings is 2. The molecule has 0 radical (unpaired) electrons. The second kappa shape index (κ2) is 14.3. The zero-order chi connectivity index (χ0) is 37.9. The maximum atomic E-state index is 14.8. The molecule has 2 aromatic heterocycles. The number of carbonyl (C=O) groups is 2. The molecule has 286 valence electrons. The summed E-state index contributed by atoms with van der Waals surface area (Å²) in [4.78, 5) is 30.4. The van der Waals surface area contributed by atoms with Crippen molar-refractivity contribution in [2.45, 2.75) is 115 Å². The number of piperidine rings is 1. The zero-order valence-electron chi connectivity index (χ0n) is 31.9. The summed E-state index contributed by atoms with van der Waals surface area (Å²) in [5, 5.41) is 5.15. The van der Waals surface area contributed by atoms with E-state index in [1.807, 2.05) is 22.9 Å². The molecule has 2 bridgehead atoms. The Balaban J connectivity index is 1.35. The molecule has 12 heteroatoms. The lowest BCUT2D eigenvalue weighted by molar-refractivity contribution is -0.0566. The van der Waals surface area contributed by atoms with Crippen molar-refractivity contribution in [2.24, 2.45) is 0 Å². The van der Waals surface area contributed by atoms with Crippen LogP contribution in [0, 0.1) is 0 Å². The van der Waals surface area contributed by atoms with Crippen LogP contribution < -0.4 is 9.46 Å². The second-order valence-corrected chi connectivity index (χ2v) is 18.2. The second-order valence-electron chi connectivity index (χ2n) is 16.0. The quantitative estimate of drug-likeness (QED) is 0.197. The van der Waals surface area contributed by atoms with Gasteiger partial charge in [-0.2, -0.15) is 5.10 Å². The molecule has 0 spiro atoms. The zero-order valence-corrected chi connectivity index (χ0v) is 32.7. The van der Waals surface area contributed by atoms with E-state index in [9.17, 15) is 18.0 Å². The number of carbonyl (C=O) groups excluding carboxylic acids is 2. The standard InChI is InChI=1S/C42H51N5O6S/c1-25(2)47-39(36(21-43-47)42(49)46-31-12-9-13-32(46)24-53-23-31)30-18-29-19-33(52-5)15-17-34(29)40-38(27-10-7-6-8-11-27)35-16-14-28(20-37(35)45(40)22-30)41(48)44-54(50,51)26(3)4/h14-21,25-27,31-32H,6-13,22-24H2,1-5H3,(H,44,48). The van der Waals surface area contributed by atoms with Gasteiger partial charge in [-0.15, -0.1) is 0 Å². The van der Waals surface area contributed by atoms with Gasteiger partial charge in [-0.3, -0.25) is 14.3 Å². The molecular weight excluding hydrogens is 703 g/mol. The van der Waals surface area contributed by atoms with Crippen molar-refractivity contribution in [3.63, 3.8) is 0 Å². The SMILES string of the molecule is COc1ccc2c(c1)C=C(c1c(C(=O)N3C4CCCC3COC4)cnn1C(C)C)Cn1c-2c(C2CCCCC2)c2ccc(C(=O)NS(=O)(=O)C(C)C)cc21. The molecule has 4 aromatic rings. The predicted octanol–water partition coefficient (Wildman–Crippen LogP) is 7.56. The molecule has 3 aliphatic heterocycles. The van der Waals surface area contributed by atoms with Gasteiger partial charge in [-0.05, 0) is 119 Å². The van der Waals surface area contributed by atoms with Gasteiger partial charge in [0.05, 0.1) is 67.4 Å². The number of methoxy groups -OCH3 is 1. The number of allylic oxidation sites excluding steroid dienone is 1. The first-order chi connectivity index (χ1) is 26.0. The fourth-order valence-corrected chi connectivity index (χ4v) is 9.78. The molecular formula is C42H51N5O6S. The average molecular weight is 754 g/mol. The van der Waals surface area contributed by atoms with Crippen LogP contribution >= 0.6 is 0 Å². The van der Waals surface area contributed by atoms with E-state index in [1.54, 1.807) is 33.2 Å². The van der Waals surface area contributed by atoms with Crippen molar-refractivity contribution in [2.75, 3.05) is 20.3 Å². The van der Waals surface area contributed by atoms with Gasteiger partial charge < -0.3 is 18.9 Å². The largest absolute Gasteiger partial charge is 0.497 e. The fraction of sp³-hybridized carbons (Fsp3) is 0.500. The van der Waals surface area contributed by atoms with E-state index in [2.05, 4.69) is 46.2 Å². The summed E-state index contributed by atoms with van der Waals surface area (Å²) in [5.74, 6) is 0.371. The minimum atomic E-state index is -3.84. The van der Waals surface area contributed by atoms with Crippen LogP contribution in [-0.2, 0) is 21.3 Å². The Bertz CT molecular complexity index is 2240. The number of aromatic nitrogens is 3. The molecule has 1 N–H and O–H groups in total. The number of morpholine rings is 1. The first kappa shape index (κ1) is 36.6. The van der Waals surface area contributed by atoms with E-state index in [0.29, 0.717) is 31.2 Å². The summed E-state index contributed by atoms with van der Waals surface area (Å²) in [6.45, 7) is 8.75. The summed E-state index contributed by atoms with van der Waals surface area (Å²) >= 11 is 0. The van der Waals surface area contributed by atoms with E-state index in [1.165, 1.54) is 12.0 Å². The molecule has 2 amide bonds. The lowest BCUT2D eigenvalue weighted by Gasteiger charge is -2.45.